The second-order valence-electron chi connectivity index (χ2n) is 4.73. The summed E-state index contributed by atoms with van der Waals surface area (Å²) in [5.41, 5.74) is 3.47. The van der Waals surface area contributed by atoms with Gasteiger partial charge >= 0.3 is 5.69 Å². The Morgan fingerprint density at radius 1 is 1.05 bits per heavy atom. The van der Waals surface area contributed by atoms with Crippen LogP contribution in [0.1, 0.15) is 18.1 Å². The molecular formula is C16H19N3O2. The van der Waals surface area contributed by atoms with Crippen molar-refractivity contribution in [1.82, 2.24) is 0 Å². The van der Waals surface area contributed by atoms with E-state index in [0.29, 0.717) is 17.9 Å². The summed E-state index contributed by atoms with van der Waals surface area (Å²) in [4.78, 5) is 10.9. The number of aryl methyl sites for hydroxylation is 1. The van der Waals surface area contributed by atoms with Crippen molar-refractivity contribution in [3.8, 4) is 0 Å². The standard InChI is InChI=1S/C16H19N3O2/c1-3-12-7-9-13(10-8-12)11-18-15-6-4-5-14(17-2)16(15)19(20)21/h4-10,17-18H,3,11H2,1-2H3. The molecule has 0 spiro atoms. The van der Waals surface area contributed by atoms with Crippen molar-refractivity contribution in [2.24, 2.45) is 0 Å². The summed E-state index contributed by atoms with van der Waals surface area (Å²) in [6.45, 7) is 2.66. The van der Waals surface area contributed by atoms with E-state index in [1.165, 1.54) is 5.56 Å². The summed E-state index contributed by atoms with van der Waals surface area (Å²) in [5.74, 6) is 0. The zero-order valence-corrected chi connectivity index (χ0v) is 12.2. The number of hydrogen-bond acceptors (Lipinski definition) is 4. The Bertz CT molecular complexity index is 624. The van der Waals surface area contributed by atoms with Crippen molar-refractivity contribution in [2.45, 2.75) is 19.9 Å². The van der Waals surface area contributed by atoms with E-state index in [9.17, 15) is 10.1 Å². The fraction of sp³-hybridized carbons (Fsp3) is 0.250. The van der Waals surface area contributed by atoms with Gasteiger partial charge in [-0.3, -0.25) is 10.1 Å². The van der Waals surface area contributed by atoms with Crippen LogP contribution in [0.4, 0.5) is 17.1 Å². The quantitative estimate of drug-likeness (QED) is 0.625. The third kappa shape index (κ3) is 3.51. The summed E-state index contributed by atoms with van der Waals surface area (Å²) in [6.07, 6.45) is 1.00. The summed E-state index contributed by atoms with van der Waals surface area (Å²) < 4.78 is 0. The lowest BCUT2D eigenvalue weighted by molar-refractivity contribution is -0.383. The molecule has 0 aliphatic rings. The van der Waals surface area contributed by atoms with E-state index in [2.05, 4.69) is 29.7 Å². The molecule has 0 radical (unpaired) electrons. The largest absolute Gasteiger partial charge is 0.382 e. The number of nitro groups is 1. The summed E-state index contributed by atoms with van der Waals surface area (Å²) in [5, 5.41) is 17.2. The highest BCUT2D eigenvalue weighted by atomic mass is 16.6. The lowest BCUT2D eigenvalue weighted by atomic mass is 10.1. The Morgan fingerprint density at radius 2 is 1.67 bits per heavy atom. The molecule has 5 heteroatoms. The number of hydrogen-bond donors (Lipinski definition) is 2. The molecule has 0 aromatic heterocycles. The molecule has 0 bridgehead atoms. The third-order valence-corrected chi connectivity index (χ3v) is 3.40. The zero-order valence-electron chi connectivity index (χ0n) is 12.2. The van der Waals surface area contributed by atoms with E-state index < -0.39 is 0 Å². The molecule has 0 unspecified atom stereocenters. The molecule has 5 nitrogen and oxygen atoms in total. The third-order valence-electron chi connectivity index (χ3n) is 3.40. The smallest absolute Gasteiger partial charge is 0.315 e. The van der Waals surface area contributed by atoms with Crippen LogP contribution in [0.15, 0.2) is 42.5 Å². The molecule has 0 heterocycles. The van der Waals surface area contributed by atoms with Gasteiger partial charge in [-0.15, -0.1) is 0 Å². The number of rotatable bonds is 6. The maximum atomic E-state index is 11.2. The van der Waals surface area contributed by atoms with Crippen molar-refractivity contribution in [1.29, 1.82) is 0 Å². The molecule has 2 aromatic rings. The van der Waals surface area contributed by atoms with Gasteiger partial charge in [0.2, 0.25) is 0 Å². The molecule has 0 saturated heterocycles. The summed E-state index contributed by atoms with van der Waals surface area (Å²) >= 11 is 0. The molecule has 2 N–H and O–H groups in total. The topological polar surface area (TPSA) is 67.2 Å². The van der Waals surface area contributed by atoms with Crippen LogP contribution >= 0.6 is 0 Å². The van der Waals surface area contributed by atoms with E-state index in [4.69, 9.17) is 0 Å². The van der Waals surface area contributed by atoms with Crippen LogP contribution in [0, 0.1) is 10.1 Å². The Balaban J connectivity index is 2.17. The summed E-state index contributed by atoms with van der Waals surface area (Å²) in [6, 6.07) is 13.4. The molecule has 110 valence electrons. The molecule has 2 rings (SSSR count). The van der Waals surface area contributed by atoms with E-state index >= 15 is 0 Å². The molecule has 0 aliphatic heterocycles. The summed E-state index contributed by atoms with van der Waals surface area (Å²) in [7, 11) is 1.68. The lowest BCUT2D eigenvalue weighted by Gasteiger charge is -2.10. The van der Waals surface area contributed by atoms with Crippen LogP contribution in [0.3, 0.4) is 0 Å². The Morgan fingerprint density at radius 3 is 2.24 bits per heavy atom. The van der Waals surface area contributed by atoms with Gasteiger partial charge in [0, 0.05) is 13.6 Å². The average molecular weight is 285 g/mol. The van der Waals surface area contributed by atoms with Gasteiger partial charge in [-0.05, 0) is 29.7 Å². The van der Waals surface area contributed by atoms with Crippen molar-refractivity contribution >= 4 is 17.1 Å². The normalized spacial score (nSPS) is 10.2. The second kappa shape index (κ2) is 6.74. The minimum absolute atomic E-state index is 0.0742. The number of nitro benzene ring substituents is 1. The number of nitrogens with zero attached hydrogens (tertiary/aromatic N) is 1. The molecule has 0 atom stereocenters. The van der Waals surface area contributed by atoms with Crippen molar-refractivity contribution in [3.63, 3.8) is 0 Å². The number of benzene rings is 2. The zero-order chi connectivity index (χ0) is 15.2. The predicted molar refractivity (Wildman–Crippen MR) is 85.8 cm³/mol. The molecule has 0 saturated carbocycles. The number of nitrogens with one attached hydrogen (secondary N) is 2. The van der Waals surface area contributed by atoms with E-state index in [-0.39, 0.29) is 10.6 Å². The molecule has 21 heavy (non-hydrogen) atoms. The van der Waals surface area contributed by atoms with Crippen LogP contribution in [0.25, 0.3) is 0 Å². The fourth-order valence-corrected chi connectivity index (χ4v) is 2.17. The Labute approximate surface area is 124 Å². The van der Waals surface area contributed by atoms with E-state index in [0.717, 1.165) is 12.0 Å². The van der Waals surface area contributed by atoms with Crippen LogP contribution in [-0.2, 0) is 13.0 Å². The van der Waals surface area contributed by atoms with Gasteiger partial charge in [-0.2, -0.15) is 0 Å². The first-order chi connectivity index (χ1) is 10.2. The molecule has 0 fully saturated rings. The van der Waals surface area contributed by atoms with Gasteiger partial charge in [0.05, 0.1) is 4.92 Å². The lowest BCUT2D eigenvalue weighted by Crippen LogP contribution is -2.05. The van der Waals surface area contributed by atoms with Crippen LogP contribution < -0.4 is 10.6 Å². The van der Waals surface area contributed by atoms with E-state index in [1.807, 2.05) is 12.1 Å². The van der Waals surface area contributed by atoms with Crippen LogP contribution in [-0.4, -0.2) is 12.0 Å². The van der Waals surface area contributed by atoms with Gasteiger partial charge in [0.25, 0.3) is 0 Å². The minimum Gasteiger partial charge on any atom is -0.382 e. The van der Waals surface area contributed by atoms with Crippen molar-refractivity contribution < 1.29 is 4.92 Å². The SMILES string of the molecule is CCc1ccc(CNc2cccc(NC)c2[N+](=O)[O-])cc1. The molecular weight excluding hydrogens is 266 g/mol. The first-order valence-electron chi connectivity index (χ1n) is 6.92. The van der Waals surface area contributed by atoms with Gasteiger partial charge in [-0.25, -0.2) is 0 Å². The van der Waals surface area contributed by atoms with Gasteiger partial charge in [-0.1, -0.05) is 37.3 Å². The first-order valence-corrected chi connectivity index (χ1v) is 6.92. The predicted octanol–water partition coefficient (Wildman–Crippen LogP) is 3.81. The second-order valence-corrected chi connectivity index (χ2v) is 4.73. The van der Waals surface area contributed by atoms with Crippen LogP contribution in [0.2, 0.25) is 0 Å². The van der Waals surface area contributed by atoms with E-state index in [1.54, 1.807) is 25.2 Å². The van der Waals surface area contributed by atoms with Gasteiger partial charge in [0.1, 0.15) is 11.4 Å². The molecule has 0 aliphatic carbocycles. The monoisotopic (exact) mass is 285 g/mol. The number of anilines is 2. The van der Waals surface area contributed by atoms with Crippen molar-refractivity contribution in [2.75, 3.05) is 17.7 Å². The molecule has 2 aromatic carbocycles. The highest BCUT2D eigenvalue weighted by Crippen LogP contribution is 2.32. The van der Waals surface area contributed by atoms with Crippen molar-refractivity contribution in [3.05, 3.63) is 63.7 Å². The average Bonchev–Trinajstić information content (AvgIpc) is 2.52. The van der Waals surface area contributed by atoms with Gasteiger partial charge in [0.15, 0.2) is 0 Å². The fourth-order valence-electron chi connectivity index (χ4n) is 2.17. The highest BCUT2D eigenvalue weighted by molar-refractivity contribution is 5.76. The maximum Gasteiger partial charge on any atom is 0.315 e. The first kappa shape index (κ1) is 14.8. The minimum atomic E-state index is -0.367. The Kier molecular flexibility index (Phi) is 4.77. The van der Waals surface area contributed by atoms with Crippen LogP contribution in [0.5, 0.6) is 0 Å². The Hall–Kier alpha value is -2.56. The highest BCUT2D eigenvalue weighted by Gasteiger charge is 2.18. The molecule has 0 amide bonds. The number of para-hydroxylation sites is 1. The van der Waals surface area contributed by atoms with Gasteiger partial charge < -0.3 is 10.6 Å². The maximum absolute atomic E-state index is 11.2.